The summed E-state index contributed by atoms with van der Waals surface area (Å²) >= 11 is 6.61. The number of hydrogen-bond donors (Lipinski definition) is 0. The van der Waals surface area contributed by atoms with Crippen LogP contribution < -0.4 is 4.90 Å². The largest absolute Gasteiger partial charge is 0.381 e. The van der Waals surface area contributed by atoms with Gasteiger partial charge in [0.15, 0.2) is 17.0 Å². The van der Waals surface area contributed by atoms with Crippen molar-refractivity contribution in [3.8, 4) is 11.4 Å². The van der Waals surface area contributed by atoms with Gasteiger partial charge in [-0.15, -0.1) is 0 Å². The van der Waals surface area contributed by atoms with Crippen LogP contribution in [0.15, 0.2) is 24.3 Å². The standard InChI is InChI=1S/C24H30ClFN6O/c1-17-27-23(31-12-10-30(9-8-26)11-13-31)21-24(28-17)32(16-18-6-14-33-15-7-18)22(29-21)19-4-2-3-5-20(19)25/h2-5,18H,6-16H2,1H3. The lowest BCUT2D eigenvalue weighted by molar-refractivity contribution is 0.0617. The highest BCUT2D eigenvalue weighted by atomic mass is 35.5. The molecule has 2 aliphatic rings. The number of benzene rings is 1. The number of halogens is 2. The first-order valence-electron chi connectivity index (χ1n) is 11.7. The van der Waals surface area contributed by atoms with Gasteiger partial charge in [-0.1, -0.05) is 23.7 Å². The number of imidazole rings is 1. The quantitative estimate of drug-likeness (QED) is 0.541. The zero-order valence-electron chi connectivity index (χ0n) is 19.0. The van der Waals surface area contributed by atoms with Crippen molar-refractivity contribution in [3.05, 3.63) is 35.1 Å². The summed E-state index contributed by atoms with van der Waals surface area (Å²) < 4.78 is 20.6. The molecule has 0 N–H and O–H groups in total. The van der Waals surface area contributed by atoms with E-state index in [0.717, 1.165) is 93.0 Å². The first kappa shape index (κ1) is 22.5. The predicted octanol–water partition coefficient (Wildman–Crippen LogP) is 3.97. The Balaban J connectivity index is 1.59. The second kappa shape index (κ2) is 9.91. The van der Waals surface area contributed by atoms with Gasteiger partial charge in [0.05, 0.1) is 5.02 Å². The van der Waals surface area contributed by atoms with Gasteiger partial charge in [-0.05, 0) is 37.8 Å². The number of aryl methyl sites for hydroxylation is 1. The third kappa shape index (κ3) is 4.69. The number of aromatic nitrogens is 4. The van der Waals surface area contributed by atoms with Crippen LogP contribution in [0.1, 0.15) is 18.7 Å². The fourth-order valence-electron chi connectivity index (χ4n) is 4.82. The lowest BCUT2D eigenvalue weighted by Gasteiger charge is -2.35. The van der Waals surface area contributed by atoms with Gasteiger partial charge in [-0.25, -0.2) is 19.3 Å². The highest BCUT2D eigenvalue weighted by Crippen LogP contribution is 2.34. The molecular formula is C24H30ClFN6O. The Kier molecular flexibility index (Phi) is 6.76. The van der Waals surface area contributed by atoms with E-state index in [4.69, 9.17) is 31.3 Å². The molecular weight excluding hydrogens is 443 g/mol. The zero-order valence-corrected chi connectivity index (χ0v) is 19.8. The molecule has 0 radical (unpaired) electrons. The molecule has 9 heteroatoms. The van der Waals surface area contributed by atoms with E-state index >= 15 is 0 Å². The van der Waals surface area contributed by atoms with Crippen molar-refractivity contribution < 1.29 is 9.13 Å². The summed E-state index contributed by atoms with van der Waals surface area (Å²) in [6.45, 7) is 7.73. The van der Waals surface area contributed by atoms with Gasteiger partial charge >= 0.3 is 0 Å². The predicted molar refractivity (Wildman–Crippen MR) is 129 cm³/mol. The maximum absolute atomic E-state index is 12.8. The number of hydrogen-bond acceptors (Lipinski definition) is 6. The number of nitrogens with zero attached hydrogens (tertiary/aromatic N) is 6. The highest BCUT2D eigenvalue weighted by molar-refractivity contribution is 6.33. The Morgan fingerprint density at radius 2 is 1.82 bits per heavy atom. The van der Waals surface area contributed by atoms with Crippen LogP contribution in [0.2, 0.25) is 5.02 Å². The lowest BCUT2D eigenvalue weighted by atomic mass is 10.00. The first-order valence-corrected chi connectivity index (χ1v) is 12.1. The molecule has 4 heterocycles. The molecule has 0 bridgehead atoms. The van der Waals surface area contributed by atoms with Crippen LogP contribution in [0, 0.1) is 12.8 Å². The van der Waals surface area contributed by atoms with E-state index in [2.05, 4.69) is 14.4 Å². The monoisotopic (exact) mass is 472 g/mol. The fraction of sp³-hybridized carbons (Fsp3) is 0.542. The van der Waals surface area contributed by atoms with Gasteiger partial charge in [0.2, 0.25) is 0 Å². The maximum atomic E-state index is 12.8. The van der Waals surface area contributed by atoms with Gasteiger partial charge in [0.25, 0.3) is 0 Å². The molecule has 3 aromatic rings. The first-order chi connectivity index (χ1) is 16.1. The van der Waals surface area contributed by atoms with Crippen molar-refractivity contribution >= 4 is 28.6 Å². The Labute approximate surface area is 198 Å². The fourth-order valence-corrected chi connectivity index (χ4v) is 5.04. The van der Waals surface area contributed by atoms with Crippen LogP contribution in [-0.2, 0) is 11.3 Å². The number of anilines is 1. The maximum Gasteiger partial charge on any atom is 0.166 e. The van der Waals surface area contributed by atoms with Crippen molar-refractivity contribution in [2.75, 3.05) is 57.5 Å². The van der Waals surface area contributed by atoms with Crippen molar-refractivity contribution in [1.82, 2.24) is 24.4 Å². The van der Waals surface area contributed by atoms with Gasteiger partial charge < -0.3 is 14.2 Å². The molecule has 0 aliphatic carbocycles. The number of piperazine rings is 1. The van der Waals surface area contributed by atoms with Crippen molar-refractivity contribution in [2.24, 2.45) is 5.92 Å². The van der Waals surface area contributed by atoms with Crippen LogP contribution >= 0.6 is 11.6 Å². The van der Waals surface area contributed by atoms with Crippen LogP contribution in [0.4, 0.5) is 10.2 Å². The van der Waals surface area contributed by atoms with Gasteiger partial charge in [-0.2, -0.15) is 0 Å². The summed E-state index contributed by atoms with van der Waals surface area (Å²) in [5.74, 6) is 2.92. The van der Waals surface area contributed by atoms with Gasteiger partial charge in [0, 0.05) is 58.0 Å². The summed E-state index contributed by atoms with van der Waals surface area (Å²) in [6, 6.07) is 7.83. The molecule has 2 aliphatic heterocycles. The Bertz CT molecular complexity index is 1110. The van der Waals surface area contributed by atoms with Crippen molar-refractivity contribution in [1.29, 1.82) is 0 Å². The molecule has 5 rings (SSSR count). The van der Waals surface area contributed by atoms with E-state index in [9.17, 15) is 4.39 Å². The number of rotatable bonds is 6. The molecule has 1 aromatic carbocycles. The molecule has 7 nitrogen and oxygen atoms in total. The summed E-state index contributed by atoms with van der Waals surface area (Å²) in [6.07, 6.45) is 2.05. The van der Waals surface area contributed by atoms with Gasteiger partial charge in [-0.3, -0.25) is 4.90 Å². The second-order valence-corrected chi connectivity index (χ2v) is 9.27. The van der Waals surface area contributed by atoms with Crippen LogP contribution in [0.3, 0.4) is 0 Å². The van der Waals surface area contributed by atoms with Crippen LogP contribution in [0.25, 0.3) is 22.6 Å². The summed E-state index contributed by atoms with van der Waals surface area (Å²) in [4.78, 5) is 19.2. The SMILES string of the molecule is Cc1nc(N2CCN(CCF)CC2)c2nc(-c3ccccc3Cl)n(CC3CCOCC3)c2n1. The number of alkyl halides is 1. The van der Waals surface area contributed by atoms with Crippen LogP contribution in [-0.4, -0.2) is 77.0 Å². The molecule has 2 aromatic heterocycles. The Hall–Kier alpha value is -2.29. The molecule has 33 heavy (non-hydrogen) atoms. The highest BCUT2D eigenvalue weighted by Gasteiger charge is 2.26. The smallest absolute Gasteiger partial charge is 0.166 e. The molecule has 0 atom stereocenters. The van der Waals surface area contributed by atoms with E-state index in [1.54, 1.807) is 0 Å². The van der Waals surface area contributed by atoms with E-state index in [-0.39, 0.29) is 6.67 Å². The van der Waals surface area contributed by atoms with E-state index in [1.165, 1.54) is 0 Å². The second-order valence-electron chi connectivity index (χ2n) is 8.87. The normalized spacial score (nSPS) is 18.3. The average Bonchev–Trinajstić information content (AvgIpc) is 3.18. The number of ether oxygens (including phenoxy) is 1. The molecule has 2 saturated heterocycles. The summed E-state index contributed by atoms with van der Waals surface area (Å²) in [7, 11) is 0. The van der Waals surface area contributed by atoms with Crippen LogP contribution in [0.5, 0.6) is 0 Å². The lowest BCUT2D eigenvalue weighted by Crippen LogP contribution is -2.47. The minimum absolute atomic E-state index is 0.311. The Morgan fingerprint density at radius 1 is 1.06 bits per heavy atom. The molecule has 0 amide bonds. The molecule has 0 saturated carbocycles. The van der Waals surface area contributed by atoms with E-state index in [1.807, 2.05) is 31.2 Å². The summed E-state index contributed by atoms with van der Waals surface area (Å²) in [5, 5.41) is 0.673. The average molecular weight is 473 g/mol. The van der Waals surface area contributed by atoms with E-state index in [0.29, 0.717) is 17.5 Å². The minimum atomic E-state index is -0.311. The van der Waals surface area contributed by atoms with Crippen molar-refractivity contribution in [3.63, 3.8) is 0 Å². The molecule has 2 fully saturated rings. The van der Waals surface area contributed by atoms with E-state index < -0.39 is 0 Å². The minimum Gasteiger partial charge on any atom is -0.381 e. The third-order valence-corrected chi connectivity index (χ3v) is 6.99. The van der Waals surface area contributed by atoms with Gasteiger partial charge in [0.1, 0.15) is 18.3 Å². The Morgan fingerprint density at radius 3 is 2.55 bits per heavy atom. The molecule has 176 valence electrons. The molecule has 0 unspecified atom stereocenters. The van der Waals surface area contributed by atoms with Crippen molar-refractivity contribution in [2.45, 2.75) is 26.3 Å². The molecule has 0 spiro atoms. The summed E-state index contributed by atoms with van der Waals surface area (Å²) in [5.41, 5.74) is 2.56. The zero-order chi connectivity index (χ0) is 22.8. The topological polar surface area (TPSA) is 59.3 Å². The third-order valence-electron chi connectivity index (χ3n) is 6.66. The number of fused-ring (bicyclic) bond motifs is 1.